The molecule has 7 heteroatoms. The lowest BCUT2D eigenvalue weighted by Crippen LogP contribution is -2.17. The molecule has 1 aromatic rings. The number of aliphatic imine (C=N–C) groups is 1. The quantitative estimate of drug-likeness (QED) is 0.471. The maximum absolute atomic E-state index is 11.5. The van der Waals surface area contributed by atoms with Crippen LogP contribution in [0.4, 0.5) is 11.4 Å². The number of nitrogens with two attached hydrogens (primary N) is 1. The van der Waals surface area contributed by atoms with Crippen molar-refractivity contribution < 1.29 is 14.3 Å². The Hall–Kier alpha value is -1.79. The average Bonchev–Trinajstić information content (AvgIpc) is 2.40. The van der Waals surface area contributed by atoms with Gasteiger partial charge in [-0.2, -0.15) is 0 Å². The summed E-state index contributed by atoms with van der Waals surface area (Å²) in [6, 6.07) is 5.03. The normalized spacial score (nSPS) is 11.2. The topological polar surface area (TPSA) is 85.9 Å². The highest BCUT2D eigenvalue weighted by molar-refractivity contribution is 6.28. The van der Waals surface area contributed by atoms with Gasteiger partial charge >= 0.3 is 0 Å². The second-order valence-electron chi connectivity index (χ2n) is 3.60. The number of anilines is 1. The molecular formula is C12H16ClN3O3. The molecule has 0 aliphatic carbocycles. The molecule has 0 spiro atoms. The Bertz CT molecular complexity index is 477. The smallest absolute Gasteiger partial charge is 0.250 e. The third kappa shape index (κ3) is 4.76. The summed E-state index contributed by atoms with van der Waals surface area (Å²) in [7, 11) is 2.98. The lowest BCUT2D eigenvalue weighted by atomic mass is 10.2. The number of alkyl halides is 1. The minimum absolute atomic E-state index is 0.0415. The van der Waals surface area contributed by atoms with E-state index >= 15 is 0 Å². The van der Waals surface area contributed by atoms with Crippen LogP contribution in [-0.4, -0.2) is 38.4 Å². The zero-order valence-corrected chi connectivity index (χ0v) is 11.5. The zero-order valence-electron chi connectivity index (χ0n) is 10.8. The van der Waals surface area contributed by atoms with Gasteiger partial charge in [-0.3, -0.25) is 4.79 Å². The Labute approximate surface area is 116 Å². The number of methoxy groups -OCH3 is 2. The van der Waals surface area contributed by atoms with Crippen LogP contribution in [0.1, 0.15) is 0 Å². The molecule has 0 fully saturated rings. The van der Waals surface area contributed by atoms with Crippen molar-refractivity contribution in [2.24, 2.45) is 10.7 Å². The van der Waals surface area contributed by atoms with Crippen LogP contribution < -0.4 is 15.8 Å². The first-order valence-corrected chi connectivity index (χ1v) is 6.00. The van der Waals surface area contributed by atoms with Gasteiger partial charge in [0.1, 0.15) is 18.2 Å². The maximum atomic E-state index is 11.5. The van der Waals surface area contributed by atoms with Gasteiger partial charge in [0.2, 0.25) is 5.91 Å². The first-order chi connectivity index (χ1) is 9.10. The highest BCUT2D eigenvalue weighted by Crippen LogP contribution is 2.29. The molecule has 0 aromatic heterocycles. The van der Waals surface area contributed by atoms with Crippen LogP contribution >= 0.6 is 11.6 Å². The zero-order chi connectivity index (χ0) is 14.3. The van der Waals surface area contributed by atoms with Crippen LogP contribution in [0.5, 0.6) is 5.75 Å². The number of hydrogen-bond donors (Lipinski definition) is 2. The summed E-state index contributed by atoms with van der Waals surface area (Å²) < 4.78 is 9.84. The van der Waals surface area contributed by atoms with E-state index in [0.29, 0.717) is 17.1 Å². The van der Waals surface area contributed by atoms with Crippen molar-refractivity contribution in [1.29, 1.82) is 0 Å². The van der Waals surface area contributed by atoms with E-state index in [2.05, 4.69) is 10.3 Å². The molecule has 0 atom stereocenters. The minimum atomic E-state index is -0.284. The van der Waals surface area contributed by atoms with Crippen LogP contribution in [0.3, 0.4) is 0 Å². The van der Waals surface area contributed by atoms with Crippen LogP contribution in [0, 0.1) is 0 Å². The highest BCUT2D eigenvalue weighted by atomic mass is 35.5. The van der Waals surface area contributed by atoms with E-state index in [0.717, 1.165) is 0 Å². The largest absolute Gasteiger partial charge is 0.497 e. The number of nitrogens with one attached hydrogen (secondary N) is 1. The molecule has 1 aromatic carbocycles. The Morgan fingerprint density at radius 1 is 1.47 bits per heavy atom. The lowest BCUT2D eigenvalue weighted by Gasteiger charge is -2.10. The summed E-state index contributed by atoms with van der Waals surface area (Å²) in [5, 5.41) is 2.67. The van der Waals surface area contributed by atoms with Crippen LogP contribution in [-0.2, 0) is 9.53 Å². The Balaban J connectivity index is 3.05. The first-order valence-electron chi connectivity index (χ1n) is 5.46. The number of amidine groups is 1. The fourth-order valence-electron chi connectivity index (χ4n) is 1.34. The SMILES string of the molecule is COCC(=O)Nc1ccc(OC)cc1N=C(N)CCl. The van der Waals surface area contributed by atoms with E-state index < -0.39 is 0 Å². The van der Waals surface area contributed by atoms with Gasteiger partial charge in [-0.25, -0.2) is 4.99 Å². The Kier molecular flexibility index (Phi) is 6.11. The molecule has 0 bridgehead atoms. The third-order valence-corrected chi connectivity index (χ3v) is 2.43. The molecule has 104 valence electrons. The van der Waals surface area contributed by atoms with Crippen LogP contribution in [0.15, 0.2) is 23.2 Å². The molecular weight excluding hydrogens is 270 g/mol. The summed E-state index contributed by atoms with van der Waals surface area (Å²) in [4.78, 5) is 15.6. The summed E-state index contributed by atoms with van der Waals surface area (Å²) in [6.07, 6.45) is 0. The van der Waals surface area contributed by atoms with Gasteiger partial charge in [0.05, 0.1) is 24.4 Å². The summed E-state index contributed by atoms with van der Waals surface area (Å²) in [6.45, 7) is -0.0415. The summed E-state index contributed by atoms with van der Waals surface area (Å²) >= 11 is 5.59. The molecule has 1 amide bonds. The van der Waals surface area contributed by atoms with Crippen molar-refractivity contribution in [3.05, 3.63) is 18.2 Å². The predicted molar refractivity (Wildman–Crippen MR) is 75.5 cm³/mol. The number of amides is 1. The van der Waals surface area contributed by atoms with Gasteiger partial charge in [0.15, 0.2) is 0 Å². The molecule has 3 N–H and O–H groups in total. The van der Waals surface area contributed by atoms with E-state index in [-0.39, 0.29) is 24.2 Å². The number of carbonyl (C=O) groups excluding carboxylic acids is 1. The molecule has 0 radical (unpaired) electrons. The summed E-state index contributed by atoms with van der Waals surface area (Å²) in [5.41, 5.74) is 6.58. The standard InChI is InChI=1S/C12H16ClN3O3/c1-18-7-12(17)16-9-4-3-8(19-2)5-10(9)15-11(14)6-13/h3-5H,6-7H2,1-2H3,(H2,14,15)(H,16,17). The molecule has 19 heavy (non-hydrogen) atoms. The van der Waals surface area contributed by atoms with Gasteiger partial charge in [0, 0.05) is 13.2 Å². The van der Waals surface area contributed by atoms with E-state index in [1.165, 1.54) is 14.2 Å². The molecule has 0 heterocycles. The molecule has 0 aliphatic heterocycles. The summed E-state index contributed by atoms with van der Waals surface area (Å²) in [5.74, 6) is 0.666. The van der Waals surface area contributed by atoms with Crippen molar-refractivity contribution in [3.8, 4) is 5.75 Å². The number of nitrogens with zero attached hydrogens (tertiary/aromatic N) is 1. The predicted octanol–water partition coefficient (Wildman–Crippen LogP) is 1.51. The Morgan fingerprint density at radius 3 is 2.79 bits per heavy atom. The molecule has 0 saturated carbocycles. The number of ether oxygens (including phenoxy) is 2. The molecule has 1 rings (SSSR count). The monoisotopic (exact) mass is 285 g/mol. The molecule has 0 unspecified atom stereocenters. The number of rotatable bonds is 6. The number of benzene rings is 1. The van der Waals surface area contributed by atoms with Gasteiger partial charge in [-0.15, -0.1) is 11.6 Å². The van der Waals surface area contributed by atoms with Crippen molar-refractivity contribution in [1.82, 2.24) is 0 Å². The number of hydrogen-bond acceptors (Lipinski definition) is 4. The number of halogens is 1. The van der Waals surface area contributed by atoms with E-state index in [1.807, 2.05) is 0 Å². The molecule has 6 nitrogen and oxygen atoms in total. The molecule has 0 saturated heterocycles. The first kappa shape index (κ1) is 15.3. The van der Waals surface area contributed by atoms with Crippen molar-refractivity contribution >= 4 is 34.7 Å². The fourth-order valence-corrected chi connectivity index (χ4v) is 1.40. The van der Waals surface area contributed by atoms with Crippen molar-refractivity contribution in [2.45, 2.75) is 0 Å². The maximum Gasteiger partial charge on any atom is 0.250 e. The minimum Gasteiger partial charge on any atom is -0.497 e. The van der Waals surface area contributed by atoms with E-state index in [9.17, 15) is 4.79 Å². The lowest BCUT2D eigenvalue weighted by molar-refractivity contribution is -0.119. The van der Waals surface area contributed by atoms with Gasteiger partial charge in [-0.1, -0.05) is 0 Å². The van der Waals surface area contributed by atoms with Crippen molar-refractivity contribution in [3.63, 3.8) is 0 Å². The van der Waals surface area contributed by atoms with Crippen LogP contribution in [0.25, 0.3) is 0 Å². The van der Waals surface area contributed by atoms with Gasteiger partial charge < -0.3 is 20.5 Å². The van der Waals surface area contributed by atoms with Crippen molar-refractivity contribution in [2.75, 3.05) is 32.0 Å². The van der Waals surface area contributed by atoms with Gasteiger partial charge in [0.25, 0.3) is 0 Å². The highest BCUT2D eigenvalue weighted by Gasteiger charge is 2.08. The van der Waals surface area contributed by atoms with E-state index in [1.54, 1.807) is 18.2 Å². The van der Waals surface area contributed by atoms with E-state index in [4.69, 9.17) is 26.8 Å². The average molecular weight is 286 g/mol. The fraction of sp³-hybridized carbons (Fsp3) is 0.333. The molecule has 0 aliphatic rings. The van der Waals surface area contributed by atoms with Crippen LogP contribution in [0.2, 0.25) is 0 Å². The second kappa shape index (κ2) is 7.60. The van der Waals surface area contributed by atoms with Gasteiger partial charge in [-0.05, 0) is 12.1 Å². The number of carbonyl (C=O) groups is 1. The second-order valence-corrected chi connectivity index (χ2v) is 3.87. The third-order valence-electron chi connectivity index (χ3n) is 2.16. The Morgan fingerprint density at radius 2 is 2.21 bits per heavy atom.